The van der Waals surface area contributed by atoms with E-state index in [0.717, 1.165) is 35.7 Å². The van der Waals surface area contributed by atoms with Crippen LogP contribution in [0.2, 0.25) is 0 Å². The number of aromatic nitrogens is 2. The Balaban J connectivity index is 1.50. The molecule has 1 aromatic heterocycles. The summed E-state index contributed by atoms with van der Waals surface area (Å²) in [5, 5.41) is 11.3. The molecule has 0 aliphatic heterocycles. The molecule has 35 heavy (non-hydrogen) atoms. The zero-order valence-corrected chi connectivity index (χ0v) is 21.0. The number of unbranched alkanes of at least 4 members (excludes halogenated alkanes) is 5. The molecule has 0 fully saturated rings. The third kappa shape index (κ3) is 8.28. The number of aromatic amines is 1. The molecule has 0 radical (unpaired) electrons. The van der Waals surface area contributed by atoms with E-state index in [2.05, 4.69) is 27.6 Å². The molecule has 1 heterocycles. The van der Waals surface area contributed by atoms with Gasteiger partial charge in [0.15, 0.2) is 0 Å². The van der Waals surface area contributed by atoms with Crippen LogP contribution in [0.5, 0.6) is 11.5 Å². The molecule has 7 heteroatoms. The van der Waals surface area contributed by atoms with Crippen LogP contribution in [0, 0.1) is 0 Å². The van der Waals surface area contributed by atoms with Crippen molar-refractivity contribution >= 4 is 11.6 Å². The molecule has 0 unspecified atom stereocenters. The summed E-state index contributed by atoms with van der Waals surface area (Å²) in [4.78, 5) is 12.5. The van der Waals surface area contributed by atoms with Gasteiger partial charge in [0.2, 0.25) is 0 Å². The molecule has 3 rings (SSSR count). The molecule has 0 atom stereocenters. The van der Waals surface area contributed by atoms with Crippen molar-refractivity contribution in [2.75, 3.05) is 13.2 Å². The summed E-state index contributed by atoms with van der Waals surface area (Å²) in [7, 11) is 0. The van der Waals surface area contributed by atoms with Crippen molar-refractivity contribution < 1.29 is 14.3 Å². The van der Waals surface area contributed by atoms with E-state index in [1.54, 1.807) is 6.07 Å². The molecular weight excluding hydrogens is 440 g/mol. The van der Waals surface area contributed by atoms with Crippen LogP contribution in [0.4, 0.5) is 0 Å². The minimum atomic E-state index is -0.358. The highest BCUT2D eigenvalue weighted by molar-refractivity contribution is 6.00. The van der Waals surface area contributed by atoms with Crippen LogP contribution in [0.3, 0.4) is 0 Å². The van der Waals surface area contributed by atoms with Gasteiger partial charge in [-0.25, -0.2) is 5.43 Å². The quantitative estimate of drug-likeness (QED) is 0.161. The highest BCUT2D eigenvalue weighted by Gasteiger charge is 2.11. The lowest BCUT2D eigenvalue weighted by molar-refractivity contribution is 0.0950. The van der Waals surface area contributed by atoms with E-state index in [0.29, 0.717) is 23.7 Å². The normalized spacial score (nSPS) is 11.3. The van der Waals surface area contributed by atoms with Crippen LogP contribution in [-0.2, 0) is 0 Å². The van der Waals surface area contributed by atoms with Crippen molar-refractivity contribution in [2.24, 2.45) is 5.10 Å². The second-order valence-corrected chi connectivity index (χ2v) is 8.41. The summed E-state index contributed by atoms with van der Waals surface area (Å²) in [5.41, 5.74) is 6.06. The summed E-state index contributed by atoms with van der Waals surface area (Å²) < 4.78 is 11.4. The number of nitrogens with one attached hydrogen (secondary N) is 2. The number of amides is 1. The van der Waals surface area contributed by atoms with Gasteiger partial charge in [0.05, 0.1) is 24.6 Å². The molecule has 2 N–H and O–H groups in total. The lowest BCUT2D eigenvalue weighted by atomic mass is 10.1. The van der Waals surface area contributed by atoms with Gasteiger partial charge in [0.25, 0.3) is 5.91 Å². The maximum atomic E-state index is 12.5. The van der Waals surface area contributed by atoms with Gasteiger partial charge < -0.3 is 9.47 Å². The van der Waals surface area contributed by atoms with Gasteiger partial charge >= 0.3 is 0 Å². The van der Waals surface area contributed by atoms with Crippen molar-refractivity contribution in [3.05, 3.63) is 65.9 Å². The molecule has 0 spiro atoms. The molecule has 0 saturated carbocycles. The van der Waals surface area contributed by atoms with Crippen LogP contribution in [0.25, 0.3) is 11.3 Å². The topological polar surface area (TPSA) is 88.6 Å². The first-order chi connectivity index (χ1) is 17.1. The van der Waals surface area contributed by atoms with E-state index >= 15 is 0 Å². The van der Waals surface area contributed by atoms with E-state index in [1.165, 1.54) is 32.1 Å². The third-order valence-corrected chi connectivity index (χ3v) is 5.63. The van der Waals surface area contributed by atoms with E-state index < -0.39 is 0 Å². The smallest absolute Gasteiger partial charge is 0.289 e. The molecule has 186 valence electrons. The van der Waals surface area contributed by atoms with Crippen molar-refractivity contribution in [3.8, 4) is 22.8 Å². The summed E-state index contributed by atoms with van der Waals surface area (Å²) in [6.45, 7) is 7.32. The average Bonchev–Trinajstić information content (AvgIpc) is 3.38. The van der Waals surface area contributed by atoms with Crippen LogP contribution < -0.4 is 14.9 Å². The number of carbonyl (C=O) groups excluding carboxylic acids is 1. The number of hydrogen-bond donors (Lipinski definition) is 2. The second kappa shape index (κ2) is 13.9. The van der Waals surface area contributed by atoms with Gasteiger partial charge in [-0.3, -0.25) is 9.89 Å². The van der Waals surface area contributed by atoms with E-state index in [-0.39, 0.29) is 5.91 Å². The molecule has 0 aliphatic carbocycles. The molecule has 3 aromatic rings. The van der Waals surface area contributed by atoms with Crippen molar-refractivity contribution in [1.29, 1.82) is 0 Å². The Hall–Kier alpha value is -3.61. The van der Waals surface area contributed by atoms with Gasteiger partial charge in [0, 0.05) is 11.1 Å². The fraction of sp³-hybridized carbons (Fsp3) is 0.393. The summed E-state index contributed by atoms with van der Waals surface area (Å²) in [5.74, 6) is 1.25. The number of nitrogens with zero attached hydrogens (tertiary/aromatic N) is 2. The van der Waals surface area contributed by atoms with E-state index in [9.17, 15) is 4.79 Å². The standard InChI is InChI=1S/C28H36N4O3/c1-4-6-7-8-9-10-18-35-24-16-14-22(15-17-24)26-20-27(31-30-26)28(33)32-29-21(3)23-12-11-13-25(19-23)34-5-2/h11-17,19-20H,4-10,18H2,1-3H3,(H,30,31)(H,32,33)/b29-21+. The highest BCUT2D eigenvalue weighted by atomic mass is 16.5. The first-order valence-electron chi connectivity index (χ1n) is 12.5. The van der Waals surface area contributed by atoms with Crippen LogP contribution in [0.15, 0.2) is 59.7 Å². The molecule has 0 aliphatic rings. The molecule has 0 saturated heterocycles. The van der Waals surface area contributed by atoms with Crippen LogP contribution >= 0.6 is 0 Å². The lowest BCUT2D eigenvalue weighted by Gasteiger charge is -2.06. The second-order valence-electron chi connectivity index (χ2n) is 8.41. The number of carbonyl (C=O) groups is 1. The fourth-order valence-electron chi connectivity index (χ4n) is 3.62. The Morgan fingerprint density at radius 2 is 1.71 bits per heavy atom. The molecule has 2 aromatic carbocycles. The number of hydrogen-bond acceptors (Lipinski definition) is 5. The zero-order valence-electron chi connectivity index (χ0n) is 21.0. The minimum Gasteiger partial charge on any atom is -0.494 e. The number of H-pyrrole nitrogens is 1. The summed E-state index contributed by atoms with van der Waals surface area (Å²) in [6, 6.07) is 17.1. The first-order valence-corrected chi connectivity index (χ1v) is 12.5. The molecule has 0 bridgehead atoms. The van der Waals surface area contributed by atoms with Gasteiger partial charge in [-0.1, -0.05) is 51.2 Å². The van der Waals surface area contributed by atoms with E-state index in [4.69, 9.17) is 9.47 Å². The van der Waals surface area contributed by atoms with Crippen LogP contribution in [0.1, 0.15) is 75.3 Å². The Morgan fingerprint density at radius 1 is 0.943 bits per heavy atom. The zero-order chi connectivity index (χ0) is 24.9. The SMILES string of the molecule is CCCCCCCCOc1ccc(-c2cc(C(=O)N/N=C(\C)c3cccc(OCC)c3)[nH]n2)cc1. The third-order valence-electron chi connectivity index (χ3n) is 5.63. The number of rotatable bonds is 14. The number of hydrazone groups is 1. The molecule has 7 nitrogen and oxygen atoms in total. The molecule has 1 amide bonds. The number of benzene rings is 2. The van der Waals surface area contributed by atoms with Crippen molar-refractivity contribution in [3.63, 3.8) is 0 Å². The Bertz CT molecular complexity index is 1090. The fourth-order valence-corrected chi connectivity index (χ4v) is 3.62. The maximum Gasteiger partial charge on any atom is 0.289 e. The average molecular weight is 477 g/mol. The maximum absolute atomic E-state index is 12.5. The minimum absolute atomic E-state index is 0.336. The van der Waals surface area contributed by atoms with Gasteiger partial charge in [0.1, 0.15) is 17.2 Å². The van der Waals surface area contributed by atoms with Crippen LogP contribution in [-0.4, -0.2) is 35.0 Å². The van der Waals surface area contributed by atoms with Gasteiger partial charge in [-0.05, 0) is 62.7 Å². The van der Waals surface area contributed by atoms with Crippen molar-refractivity contribution in [2.45, 2.75) is 59.3 Å². The van der Waals surface area contributed by atoms with Crippen molar-refractivity contribution in [1.82, 2.24) is 15.6 Å². The van der Waals surface area contributed by atoms with Gasteiger partial charge in [-0.2, -0.15) is 10.2 Å². The largest absolute Gasteiger partial charge is 0.494 e. The lowest BCUT2D eigenvalue weighted by Crippen LogP contribution is -2.19. The Morgan fingerprint density at radius 3 is 2.49 bits per heavy atom. The predicted molar refractivity (Wildman–Crippen MR) is 140 cm³/mol. The Labute approximate surface area is 207 Å². The predicted octanol–water partition coefficient (Wildman–Crippen LogP) is 6.37. The highest BCUT2D eigenvalue weighted by Crippen LogP contribution is 2.22. The Kier molecular flexibility index (Phi) is 10.4. The summed E-state index contributed by atoms with van der Waals surface area (Å²) >= 11 is 0. The van der Waals surface area contributed by atoms with E-state index in [1.807, 2.05) is 62.4 Å². The first kappa shape index (κ1) is 26.0. The molecular formula is C28H36N4O3. The van der Waals surface area contributed by atoms with Gasteiger partial charge in [-0.15, -0.1) is 0 Å². The summed E-state index contributed by atoms with van der Waals surface area (Å²) in [6.07, 6.45) is 7.45. The monoisotopic (exact) mass is 476 g/mol. The number of ether oxygens (including phenoxy) is 2.